The Morgan fingerprint density at radius 3 is 2.32 bits per heavy atom. The fourth-order valence-electron chi connectivity index (χ4n) is 2.00. The van der Waals surface area contributed by atoms with Gasteiger partial charge in [0, 0.05) is 11.8 Å². The van der Waals surface area contributed by atoms with E-state index in [1.54, 1.807) is 0 Å². The molecule has 0 aliphatic rings. The van der Waals surface area contributed by atoms with Crippen molar-refractivity contribution in [3.8, 4) is 17.2 Å². The van der Waals surface area contributed by atoms with Crippen LogP contribution in [-0.4, -0.2) is 26.2 Å². The number of alkyl halides is 3. The van der Waals surface area contributed by atoms with Gasteiger partial charge in [-0.05, 0) is 18.2 Å². The number of aromatic hydroxyl groups is 3. The van der Waals surface area contributed by atoms with E-state index in [0.717, 1.165) is 18.2 Å². The number of carbonyl (C=O) groups is 1. The molecular formula is C14H9F3N2O6. The molecule has 4 N–H and O–H groups in total. The van der Waals surface area contributed by atoms with Crippen LogP contribution in [0.2, 0.25) is 0 Å². The lowest BCUT2D eigenvalue weighted by Gasteiger charge is -2.11. The second kappa shape index (κ2) is 6.19. The molecule has 0 aliphatic heterocycles. The van der Waals surface area contributed by atoms with Gasteiger partial charge in [-0.25, -0.2) is 0 Å². The van der Waals surface area contributed by atoms with E-state index in [2.05, 4.69) is 0 Å². The zero-order valence-corrected chi connectivity index (χ0v) is 12.0. The molecule has 1 amide bonds. The highest BCUT2D eigenvalue weighted by Crippen LogP contribution is 2.43. The molecule has 2 aromatic rings. The van der Waals surface area contributed by atoms with Crippen LogP contribution in [0.15, 0.2) is 30.3 Å². The van der Waals surface area contributed by atoms with Crippen molar-refractivity contribution in [2.75, 3.05) is 5.32 Å². The van der Waals surface area contributed by atoms with E-state index in [4.69, 9.17) is 0 Å². The molecule has 0 fully saturated rings. The first-order valence-corrected chi connectivity index (χ1v) is 6.43. The first kappa shape index (κ1) is 17.8. The van der Waals surface area contributed by atoms with E-state index in [9.17, 15) is 43.4 Å². The summed E-state index contributed by atoms with van der Waals surface area (Å²) in [6.07, 6.45) is -4.66. The molecule has 0 saturated heterocycles. The van der Waals surface area contributed by atoms with Crippen molar-refractivity contribution in [3.05, 3.63) is 51.6 Å². The maximum atomic E-state index is 12.6. The highest BCUT2D eigenvalue weighted by atomic mass is 19.4. The van der Waals surface area contributed by atoms with Gasteiger partial charge < -0.3 is 20.6 Å². The van der Waals surface area contributed by atoms with Crippen LogP contribution in [0, 0.1) is 10.1 Å². The van der Waals surface area contributed by atoms with Crippen LogP contribution in [0.4, 0.5) is 24.5 Å². The molecule has 0 bridgehead atoms. The third-order valence-corrected chi connectivity index (χ3v) is 3.09. The van der Waals surface area contributed by atoms with Crippen molar-refractivity contribution in [2.45, 2.75) is 6.18 Å². The van der Waals surface area contributed by atoms with Gasteiger partial charge >= 0.3 is 11.9 Å². The van der Waals surface area contributed by atoms with Gasteiger partial charge in [0.15, 0.2) is 0 Å². The molecule has 8 nitrogen and oxygen atoms in total. The average Bonchev–Trinajstić information content (AvgIpc) is 2.45. The molecule has 0 spiro atoms. The van der Waals surface area contributed by atoms with Crippen molar-refractivity contribution in [1.29, 1.82) is 0 Å². The van der Waals surface area contributed by atoms with E-state index in [1.807, 2.05) is 5.32 Å². The summed E-state index contributed by atoms with van der Waals surface area (Å²) in [5.74, 6) is -4.72. The summed E-state index contributed by atoms with van der Waals surface area (Å²) in [6, 6.07) is 3.93. The quantitative estimate of drug-likeness (QED) is 0.492. The molecule has 0 aliphatic carbocycles. The Hall–Kier alpha value is -3.50. The van der Waals surface area contributed by atoms with Gasteiger partial charge in [-0.15, -0.1) is 0 Å². The molecule has 0 saturated carbocycles. The SMILES string of the molecule is O=C(Nc1cccc(C(F)(F)F)c1)c1c(O)cc(O)c([N+](=O)[O-])c1O. The topological polar surface area (TPSA) is 133 Å². The number of nitrogens with zero attached hydrogens (tertiary/aromatic N) is 1. The Balaban J connectivity index is 2.43. The number of nitrogens with one attached hydrogen (secondary N) is 1. The summed E-state index contributed by atoms with van der Waals surface area (Å²) in [6.45, 7) is 0. The molecule has 25 heavy (non-hydrogen) atoms. The highest BCUT2D eigenvalue weighted by molar-refractivity contribution is 6.09. The van der Waals surface area contributed by atoms with Crippen LogP contribution in [0.3, 0.4) is 0 Å². The van der Waals surface area contributed by atoms with Crippen LogP contribution >= 0.6 is 0 Å². The number of carbonyl (C=O) groups excluding carboxylic acids is 1. The highest BCUT2D eigenvalue weighted by Gasteiger charge is 2.32. The third kappa shape index (κ3) is 3.54. The fourth-order valence-corrected chi connectivity index (χ4v) is 2.00. The number of amides is 1. The van der Waals surface area contributed by atoms with Crippen molar-refractivity contribution >= 4 is 17.3 Å². The van der Waals surface area contributed by atoms with Crippen molar-refractivity contribution in [1.82, 2.24) is 0 Å². The Morgan fingerprint density at radius 1 is 1.12 bits per heavy atom. The van der Waals surface area contributed by atoms with E-state index in [0.29, 0.717) is 12.1 Å². The Morgan fingerprint density at radius 2 is 1.76 bits per heavy atom. The van der Waals surface area contributed by atoms with Gasteiger partial charge in [0.2, 0.25) is 11.5 Å². The number of nitro groups is 1. The summed E-state index contributed by atoms with van der Waals surface area (Å²) < 4.78 is 37.9. The lowest BCUT2D eigenvalue weighted by molar-refractivity contribution is -0.386. The average molecular weight is 358 g/mol. The van der Waals surface area contributed by atoms with Gasteiger partial charge in [-0.2, -0.15) is 13.2 Å². The van der Waals surface area contributed by atoms with E-state index in [-0.39, 0.29) is 5.69 Å². The van der Waals surface area contributed by atoms with Crippen molar-refractivity contribution in [2.24, 2.45) is 0 Å². The van der Waals surface area contributed by atoms with Crippen LogP contribution < -0.4 is 5.32 Å². The number of halogens is 3. The number of hydrogen-bond acceptors (Lipinski definition) is 6. The molecule has 0 heterocycles. The van der Waals surface area contributed by atoms with Crippen LogP contribution in [-0.2, 0) is 6.18 Å². The van der Waals surface area contributed by atoms with E-state index < -0.39 is 51.1 Å². The number of benzene rings is 2. The summed E-state index contributed by atoms with van der Waals surface area (Å²) >= 11 is 0. The summed E-state index contributed by atoms with van der Waals surface area (Å²) in [5.41, 5.74) is -3.58. The maximum absolute atomic E-state index is 12.6. The van der Waals surface area contributed by atoms with Gasteiger partial charge in [0.05, 0.1) is 10.5 Å². The largest absolute Gasteiger partial charge is 0.507 e. The molecule has 0 atom stereocenters. The number of anilines is 1. The molecule has 0 radical (unpaired) electrons. The van der Waals surface area contributed by atoms with Crippen LogP contribution in [0.5, 0.6) is 17.2 Å². The van der Waals surface area contributed by atoms with Crippen molar-refractivity contribution < 1.29 is 38.2 Å². The monoisotopic (exact) mass is 358 g/mol. The molecule has 2 aromatic carbocycles. The molecule has 132 valence electrons. The number of hydrogen-bond donors (Lipinski definition) is 4. The summed E-state index contributed by atoms with van der Waals surface area (Å²) in [4.78, 5) is 21.7. The minimum atomic E-state index is -4.66. The lowest BCUT2D eigenvalue weighted by Crippen LogP contribution is -2.14. The Labute approximate surface area is 136 Å². The minimum absolute atomic E-state index is 0.325. The number of phenolic OH excluding ortho intramolecular Hbond substituents is 3. The second-order valence-electron chi connectivity index (χ2n) is 4.78. The third-order valence-electron chi connectivity index (χ3n) is 3.09. The predicted octanol–water partition coefficient (Wildman–Crippen LogP) is 2.98. The predicted molar refractivity (Wildman–Crippen MR) is 77.5 cm³/mol. The van der Waals surface area contributed by atoms with Gasteiger partial charge in [0.1, 0.15) is 11.3 Å². The molecule has 0 aromatic heterocycles. The molecule has 2 rings (SSSR count). The zero-order chi connectivity index (χ0) is 18.9. The normalized spacial score (nSPS) is 11.2. The lowest BCUT2D eigenvalue weighted by atomic mass is 10.1. The van der Waals surface area contributed by atoms with Crippen molar-refractivity contribution in [3.63, 3.8) is 0 Å². The van der Waals surface area contributed by atoms with Crippen LogP contribution in [0.25, 0.3) is 0 Å². The van der Waals surface area contributed by atoms with E-state index in [1.165, 1.54) is 0 Å². The molecular weight excluding hydrogens is 349 g/mol. The minimum Gasteiger partial charge on any atom is -0.507 e. The van der Waals surface area contributed by atoms with Gasteiger partial charge in [-0.1, -0.05) is 6.07 Å². The van der Waals surface area contributed by atoms with E-state index >= 15 is 0 Å². The number of nitro benzene ring substituents is 1. The standard InChI is InChI=1S/C14H9F3N2O6/c15-14(16,17)6-2-1-3-7(4-6)18-13(23)10-8(20)5-9(21)11(12(10)22)19(24)25/h1-5,20-22H,(H,18,23). The smallest absolute Gasteiger partial charge is 0.416 e. The first-order chi connectivity index (χ1) is 11.5. The fraction of sp³-hybridized carbons (Fsp3) is 0.0714. The zero-order valence-electron chi connectivity index (χ0n) is 12.0. The second-order valence-corrected chi connectivity index (χ2v) is 4.78. The summed E-state index contributed by atoms with van der Waals surface area (Å²) in [7, 11) is 0. The Kier molecular flexibility index (Phi) is 4.42. The molecule has 11 heteroatoms. The number of rotatable bonds is 3. The maximum Gasteiger partial charge on any atom is 0.416 e. The van der Waals surface area contributed by atoms with Gasteiger partial charge in [0.25, 0.3) is 5.91 Å². The number of phenols is 3. The Bertz CT molecular complexity index is 866. The van der Waals surface area contributed by atoms with Gasteiger partial charge in [-0.3, -0.25) is 14.9 Å². The summed E-state index contributed by atoms with van der Waals surface area (Å²) in [5, 5.41) is 41.5. The first-order valence-electron chi connectivity index (χ1n) is 6.43. The molecule has 0 unspecified atom stereocenters. The van der Waals surface area contributed by atoms with Crippen LogP contribution in [0.1, 0.15) is 15.9 Å².